The Kier molecular flexibility index (Phi) is 5.67. The van der Waals surface area contributed by atoms with E-state index in [-0.39, 0.29) is 0 Å². The van der Waals surface area contributed by atoms with Crippen molar-refractivity contribution in [1.82, 2.24) is 10.6 Å². The van der Waals surface area contributed by atoms with E-state index in [0.717, 1.165) is 32.7 Å². The lowest BCUT2D eigenvalue weighted by atomic mass is 10.0. The molecule has 1 fully saturated rings. The minimum Gasteiger partial charge on any atom is -0.369 e. The summed E-state index contributed by atoms with van der Waals surface area (Å²) in [6, 6.07) is 7.05. The first kappa shape index (κ1) is 14.4. The molecule has 1 aromatic rings. The summed E-state index contributed by atoms with van der Waals surface area (Å²) in [4.78, 5) is 2.50. The zero-order valence-electron chi connectivity index (χ0n) is 12.3. The number of benzene rings is 1. The predicted octanol–water partition coefficient (Wildman–Crippen LogP) is 1.95. The van der Waals surface area contributed by atoms with E-state index in [4.69, 9.17) is 0 Å². The molecule has 0 bridgehead atoms. The summed E-state index contributed by atoms with van der Waals surface area (Å²) in [7, 11) is 2.02. The highest BCUT2D eigenvalue weighted by atomic mass is 15.2. The summed E-state index contributed by atoms with van der Waals surface area (Å²) in [5.41, 5.74) is 4.29. The van der Waals surface area contributed by atoms with Gasteiger partial charge < -0.3 is 15.5 Å². The van der Waals surface area contributed by atoms with Gasteiger partial charge in [-0.2, -0.15) is 0 Å². The molecule has 0 amide bonds. The van der Waals surface area contributed by atoms with Crippen LogP contribution in [0.2, 0.25) is 0 Å². The van der Waals surface area contributed by atoms with Crippen LogP contribution in [0.1, 0.15) is 24.0 Å². The van der Waals surface area contributed by atoms with Gasteiger partial charge in [0.25, 0.3) is 0 Å². The Balaban J connectivity index is 1.97. The Morgan fingerprint density at radius 2 is 1.95 bits per heavy atom. The van der Waals surface area contributed by atoms with E-state index in [9.17, 15) is 0 Å². The second kappa shape index (κ2) is 7.51. The standard InChI is InChI=1S/C16H27N3/c1-14-11-15(5-3-4-6-17-2)13-16(12-14)19-9-7-18-8-10-19/h11-13,17-18H,3-10H2,1-2H3. The molecule has 1 aromatic carbocycles. The summed E-state index contributed by atoms with van der Waals surface area (Å²) in [6.07, 6.45) is 3.72. The Bertz CT molecular complexity index is 384. The summed E-state index contributed by atoms with van der Waals surface area (Å²) in [5, 5.41) is 6.63. The van der Waals surface area contributed by atoms with Crippen molar-refractivity contribution in [2.45, 2.75) is 26.2 Å². The van der Waals surface area contributed by atoms with Crippen molar-refractivity contribution in [3.63, 3.8) is 0 Å². The highest BCUT2D eigenvalue weighted by Gasteiger charge is 2.11. The first-order chi connectivity index (χ1) is 9.29. The third kappa shape index (κ3) is 4.51. The number of unbranched alkanes of at least 4 members (excludes halogenated alkanes) is 1. The number of nitrogens with one attached hydrogen (secondary N) is 2. The van der Waals surface area contributed by atoms with Gasteiger partial charge in [0.05, 0.1) is 0 Å². The Morgan fingerprint density at radius 1 is 1.16 bits per heavy atom. The van der Waals surface area contributed by atoms with E-state index in [1.807, 2.05) is 7.05 Å². The molecule has 1 aliphatic heterocycles. The monoisotopic (exact) mass is 261 g/mol. The summed E-state index contributed by atoms with van der Waals surface area (Å²) >= 11 is 0. The molecule has 3 nitrogen and oxygen atoms in total. The van der Waals surface area contributed by atoms with Gasteiger partial charge in [0.15, 0.2) is 0 Å². The number of nitrogens with zero attached hydrogens (tertiary/aromatic N) is 1. The van der Waals surface area contributed by atoms with Crippen LogP contribution >= 0.6 is 0 Å². The number of anilines is 1. The van der Waals surface area contributed by atoms with Gasteiger partial charge in [0.1, 0.15) is 0 Å². The van der Waals surface area contributed by atoms with Crippen LogP contribution in [-0.2, 0) is 6.42 Å². The Morgan fingerprint density at radius 3 is 2.68 bits per heavy atom. The maximum absolute atomic E-state index is 3.41. The number of piperazine rings is 1. The van der Waals surface area contributed by atoms with E-state index in [1.165, 1.54) is 36.1 Å². The van der Waals surface area contributed by atoms with Gasteiger partial charge in [0, 0.05) is 31.9 Å². The Labute approximate surface area is 117 Å². The lowest BCUT2D eigenvalue weighted by Gasteiger charge is -2.30. The second-order valence-corrected chi connectivity index (χ2v) is 5.47. The molecule has 0 atom stereocenters. The van der Waals surface area contributed by atoms with Crippen molar-refractivity contribution in [3.8, 4) is 0 Å². The maximum atomic E-state index is 3.41. The van der Waals surface area contributed by atoms with Crippen LogP contribution in [0.15, 0.2) is 18.2 Å². The zero-order chi connectivity index (χ0) is 13.5. The van der Waals surface area contributed by atoms with Crippen LogP contribution in [0.5, 0.6) is 0 Å². The third-order valence-electron chi connectivity index (χ3n) is 3.75. The average Bonchev–Trinajstić information content (AvgIpc) is 2.44. The molecule has 0 aromatic heterocycles. The summed E-state index contributed by atoms with van der Waals surface area (Å²) in [5.74, 6) is 0. The number of hydrogen-bond acceptors (Lipinski definition) is 3. The first-order valence-corrected chi connectivity index (χ1v) is 7.50. The fourth-order valence-electron chi connectivity index (χ4n) is 2.72. The van der Waals surface area contributed by atoms with Crippen molar-refractivity contribution in [2.75, 3.05) is 44.7 Å². The van der Waals surface area contributed by atoms with Crippen LogP contribution < -0.4 is 15.5 Å². The molecule has 0 saturated carbocycles. The fraction of sp³-hybridized carbons (Fsp3) is 0.625. The summed E-state index contributed by atoms with van der Waals surface area (Å²) in [6.45, 7) is 7.79. The van der Waals surface area contributed by atoms with E-state index in [2.05, 4.69) is 40.7 Å². The molecule has 0 spiro atoms. The molecule has 2 N–H and O–H groups in total. The van der Waals surface area contributed by atoms with Crippen molar-refractivity contribution in [1.29, 1.82) is 0 Å². The highest BCUT2D eigenvalue weighted by Crippen LogP contribution is 2.20. The van der Waals surface area contributed by atoms with Crippen LogP contribution in [-0.4, -0.2) is 39.8 Å². The average molecular weight is 261 g/mol. The quantitative estimate of drug-likeness (QED) is 0.767. The van der Waals surface area contributed by atoms with Crippen molar-refractivity contribution < 1.29 is 0 Å². The minimum atomic E-state index is 1.10. The molecule has 106 valence electrons. The van der Waals surface area contributed by atoms with Crippen LogP contribution in [0.3, 0.4) is 0 Å². The largest absolute Gasteiger partial charge is 0.369 e. The van der Waals surface area contributed by atoms with Crippen molar-refractivity contribution in [2.24, 2.45) is 0 Å². The number of aryl methyl sites for hydroxylation is 2. The van der Waals surface area contributed by atoms with Crippen molar-refractivity contribution >= 4 is 5.69 Å². The highest BCUT2D eigenvalue weighted by molar-refractivity contribution is 5.51. The van der Waals surface area contributed by atoms with E-state index in [1.54, 1.807) is 0 Å². The molecule has 0 unspecified atom stereocenters. The molecular formula is C16H27N3. The van der Waals surface area contributed by atoms with E-state index in [0.29, 0.717) is 0 Å². The Hall–Kier alpha value is -1.06. The third-order valence-corrected chi connectivity index (χ3v) is 3.75. The van der Waals surface area contributed by atoms with Gasteiger partial charge >= 0.3 is 0 Å². The van der Waals surface area contributed by atoms with Crippen LogP contribution in [0.4, 0.5) is 5.69 Å². The van der Waals surface area contributed by atoms with Gasteiger partial charge in [-0.3, -0.25) is 0 Å². The molecule has 1 aliphatic rings. The van der Waals surface area contributed by atoms with Crippen molar-refractivity contribution in [3.05, 3.63) is 29.3 Å². The zero-order valence-corrected chi connectivity index (χ0v) is 12.3. The molecule has 2 rings (SSSR count). The van der Waals surface area contributed by atoms with Gasteiger partial charge in [-0.1, -0.05) is 6.07 Å². The van der Waals surface area contributed by atoms with Gasteiger partial charge in [-0.15, -0.1) is 0 Å². The molecule has 19 heavy (non-hydrogen) atoms. The van der Waals surface area contributed by atoms with Crippen LogP contribution in [0, 0.1) is 6.92 Å². The molecule has 1 saturated heterocycles. The van der Waals surface area contributed by atoms with E-state index < -0.39 is 0 Å². The predicted molar refractivity (Wildman–Crippen MR) is 83.1 cm³/mol. The summed E-state index contributed by atoms with van der Waals surface area (Å²) < 4.78 is 0. The SMILES string of the molecule is CNCCCCc1cc(C)cc(N2CCNCC2)c1. The first-order valence-electron chi connectivity index (χ1n) is 7.50. The van der Waals surface area contributed by atoms with Gasteiger partial charge in [-0.25, -0.2) is 0 Å². The smallest absolute Gasteiger partial charge is 0.0372 e. The number of rotatable bonds is 6. The second-order valence-electron chi connectivity index (χ2n) is 5.47. The molecular weight excluding hydrogens is 234 g/mol. The van der Waals surface area contributed by atoms with E-state index >= 15 is 0 Å². The topological polar surface area (TPSA) is 27.3 Å². The van der Waals surface area contributed by atoms with Gasteiger partial charge in [0.2, 0.25) is 0 Å². The molecule has 0 radical (unpaired) electrons. The number of hydrogen-bond donors (Lipinski definition) is 2. The minimum absolute atomic E-state index is 1.10. The maximum Gasteiger partial charge on any atom is 0.0372 e. The lowest BCUT2D eigenvalue weighted by Crippen LogP contribution is -2.43. The molecule has 1 heterocycles. The lowest BCUT2D eigenvalue weighted by molar-refractivity contribution is 0.589. The normalized spacial score (nSPS) is 15.8. The fourth-order valence-corrected chi connectivity index (χ4v) is 2.72. The van der Waals surface area contributed by atoms with Crippen LogP contribution in [0.25, 0.3) is 0 Å². The molecule has 0 aliphatic carbocycles. The molecule has 3 heteroatoms. The van der Waals surface area contributed by atoms with Gasteiger partial charge in [-0.05, 0) is 63.0 Å².